The van der Waals surface area contributed by atoms with Gasteiger partial charge in [-0.1, -0.05) is 12.1 Å². The fourth-order valence-corrected chi connectivity index (χ4v) is 6.62. The highest BCUT2D eigenvalue weighted by Crippen LogP contribution is 2.37. The van der Waals surface area contributed by atoms with Crippen molar-refractivity contribution in [1.29, 1.82) is 0 Å². The topological polar surface area (TPSA) is 92.8 Å². The van der Waals surface area contributed by atoms with Gasteiger partial charge >= 0.3 is 6.18 Å². The van der Waals surface area contributed by atoms with Crippen LogP contribution in [0.15, 0.2) is 42.5 Å². The number of rotatable bonds is 10. The molecule has 3 amide bonds. The molecule has 2 aromatic rings. The Morgan fingerprint density at radius 3 is 2.55 bits per heavy atom. The Labute approximate surface area is 283 Å². The molecule has 3 aliphatic rings. The van der Waals surface area contributed by atoms with E-state index >= 15 is 4.39 Å². The fourth-order valence-electron chi connectivity index (χ4n) is 6.62. The van der Waals surface area contributed by atoms with Crippen LogP contribution in [0.1, 0.15) is 24.1 Å². The maximum Gasteiger partial charge on any atom is 0.416 e. The van der Waals surface area contributed by atoms with E-state index in [1.165, 1.54) is 31.0 Å². The van der Waals surface area contributed by atoms with Gasteiger partial charge in [0.1, 0.15) is 23.3 Å². The second kappa shape index (κ2) is 14.4. The van der Waals surface area contributed by atoms with E-state index < -0.39 is 41.0 Å². The third-order valence-electron chi connectivity index (χ3n) is 9.13. The zero-order chi connectivity index (χ0) is 35.7. The number of nitrogens with zero attached hydrogens (tertiary/aromatic N) is 7. The molecule has 1 aromatic heterocycles. The number of likely N-dealkylation sites (N-methyl/N-ethyl adjacent to an activating group) is 3. The number of pyridine rings is 1. The number of benzene rings is 1. The van der Waals surface area contributed by atoms with Crippen LogP contribution in [0.3, 0.4) is 0 Å². The van der Waals surface area contributed by atoms with Crippen molar-refractivity contribution in [2.45, 2.75) is 37.6 Å². The molecule has 3 saturated heterocycles. The van der Waals surface area contributed by atoms with Crippen molar-refractivity contribution >= 4 is 34.9 Å². The molecule has 11 nitrogen and oxygen atoms in total. The van der Waals surface area contributed by atoms with Crippen LogP contribution >= 0.6 is 0 Å². The van der Waals surface area contributed by atoms with E-state index in [1.807, 2.05) is 25.1 Å². The predicted molar refractivity (Wildman–Crippen MR) is 177 cm³/mol. The zero-order valence-corrected chi connectivity index (χ0v) is 28.5. The number of para-hydroxylation sites is 1. The fraction of sp³-hybridized carbons (Fsp3) is 0.529. The molecule has 3 fully saturated rings. The second-order valence-electron chi connectivity index (χ2n) is 13.3. The summed E-state index contributed by atoms with van der Waals surface area (Å²) >= 11 is 0. The molecule has 4 heterocycles. The molecular weight excluding hydrogens is 646 g/mol. The normalized spacial score (nSPS) is 19.6. The van der Waals surface area contributed by atoms with Gasteiger partial charge < -0.3 is 24.3 Å². The molecule has 15 heteroatoms. The van der Waals surface area contributed by atoms with Crippen LogP contribution in [-0.2, 0) is 25.3 Å². The van der Waals surface area contributed by atoms with Gasteiger partial charge in [0, 0.05) is 65.0 Å². The zero-order valence-electron chi connectivity index (χ0n) is 28.5. The minimum absolute atomic E-state index is 0.0444. The van der Waals surface area contributed by atoms with Crippen molar-refractivity contribution in [2.75, 3.05) is 95.3 Å². The number of hydrogen-bond acceptors (Lipinski definition) is 8. The highest BCUT2D eigenvalue weighted by atomic mass is 19.4. The first kappa shape index (κ1) is 36.2. The first-order valence-electron chi connectivity index (χ1n) is 16.2. The maximum atomic E-state index is 15.5. The molecule has 1 atom stereocenters. The standard InChI is InChI=1S/C34H43F4N7O4/c1-23-18-24(34(36,37)38)19-28(39-23)45-27(11-12-30(45)47)32(48)42(5)26-9-6-8-25(35)31(26)41(4)14-15-43-16-17-49-33(20-43)21-44(22-33)29(46)10-7-13-40(2)3/h6-10,18-19,27H,11-17,20-22H2,1-5H3/b10-7+/t27-/m0/s1. The minimum Gasteiger partial charge on any atom is -0.369 e. The Hall–Kier alpha value is -4.08. The van der Waals surface area contributed by atoms with Crippen LogP contribution < -0.4 is 14.7 Å². The smallest absolute Gasteiger partial charge is 0.369 e. The Morgan fingerprint density at radius 2 is 1.86 bits per heavy atom. The van der Waals surface area contributed by atoms with Crippen molar-refractivity contribution in [2.24, 2.45) is 0 Å². The Kier molecular flexibility index (Phi) is 10.7. The number of morpholine rings is 1. The van der Waals surface area contributed by atoms with Crippen molar-refractivity contribution in [3.8, 4) is 0 Å². The molecule has 0 unspecified atom stereocenters. The Morgan fingerprint density at radius 1 is 1.12 bits per heavy atom. The molecule has 0 bridgehead atoms. The van der Waals surface area contributed by atoms with Gasteiger partial charge in [-0.15, -0.1) is 0 Å². The number of aromatic nitrogens is 1. The largest absolute Gasteiger partial charge is 0.416 e. The summed E-state index contributed by atoms with van der Waals surface area (Å²) in [6.07, 6.45) is -1.21. The van der Waals surface area contributed by atoms with Crippen molar-refractivity contribution in [3.63, 3.8) is 0 Å². The lowest BCUT2D eigenvalue weighted by Gasteiger charge is -2.53. The lowest BCUT2D eigenvalue weighted by atomic mass is 9.91. The molecule has 0 radical (unpaired) electrons. The maximum absolute atomic E-state index is 15.5. The van der Waals surface area contributed by atoms with E-state index in [0.717, 1.165) is 17.0 Å². The summed E-state index contributed by atoms with van der Waals surface area (Å²) in [5.41, 5.74) is -0.926. The average molecular weight is 690 g/mol. The van der Waals surface area contributed by atoms with Gasteiger partial charge in [-0.2, -0.15) is 13.2 Å². The van der Waals surface area contributed by atoms with Gasteiger partial charge in [0.05, 0.1) is 36.6 Å². The molecule has 266 valence electrons. The number of halogens is 4. The van der Waals surface area contributed by atoms with Crippen molar-refractivity contribution < 1.29 is 36.7 Å². The van der Waals surface area contributed by atoms with Gasteiger partial charge in [0.25, 0.3) is 0 Å². The molecule has 0 N–H and O–H groups in total. The van der Waals surface area contributed by atoms with Crippen molar-refractivity contribution in [3.05, 3.63) is 59.6 Å². The van der Waals surface area contributed by atoms with Gasteiger partial charge in [-0.05, 0) is 51.7 Å². The summed E-state index contributed by atoms with van der Waals surface area (Å²) in [6.45, 7) is 5.80. The average Bonchev–Trinajstić information content (AvgIpc) is 3.41. The van der Waals surface area contributed by atoms with Crippen LogP contribution in [0, 0.1) is 12.7 Å². The molecule has 5 rings (SSSR count). The number of aryl methyl sites for hydroxylation is 1. The number of ether oxygens (including phenoxy) is 1. The Bertz CT molecular complexity index is 1590. The van der Waals surface area contributed by atoms with Crippen LogP contribution in [0.5, 0.6) is 0 Å². The van der Waals surface area contributed by atoms with Crippen molar-refractivity contribution in [1.82, 2.24) is 19.7 Å². The van der Waals surface area contributed by atoms with E-state index in [1.54, 1.807) is 29.0 Å². The summed E-state index contributed by atoms with van der Waals surface area (Å²) in [7, 11) is 7.05. The summed E-state index contributed by atoms with van der Waals surface area (Å²) < 4.78 is 62.3. The molecule has 49 heavy (non-hydrogen) atoms. The van der Waals surface area contributed by atoms with Crippen LogP contribution in [0.4, 0.5) is 34.8 Å². The van der Waals surface area contributed by atoms with Gasteiger partial charge in [-0.25, -0.2) is 9.37 Å². The molecule has 0 aliphatic carbocycles. The molecule has 0 saturated carbocycles. The van der Waals surface area contributed by atoms with Gasteiger partial charge in [0.2, 0.25) is 17.7 Å². The SMILES string of the molecule is Cc1cc(C(F)(F)F)cc(N2C(=O)CC[C@H]2C(=O)N(C)c2cccc(F)c2N(C)CCN2CCOC3(C2)CN(C(=O)/C=C/CN(C)C)C3)n1. The number of anilines is 3. The number of alkyl halides is 3. The van der Waals surface area contributed by atoms with Gasteiger partial charge in [0.15, 0.2) is 0 Å². The van der Waals surface area contributed by atoms with Gasteiger partial charge in [-0.3, -0.25) is 24.2 Å². The number of hydrogen-bond donors (Lipinski definition) is 0. The van der Waals surface area contributed by atoms with Crippen LogP contribution in [0.2, 0.25) is 0 Å². The minimum atomic E-state index is -4.66. The van der Waals surface area contributed by atoms with Crippen LogP contribution in [0.25, 0.3) is 0 Å². The summed E-state index contributed by atoms with van der Waals surface area (Å²) in [5, 5.41) is 0. The van der Waals surface area contributed by atoms with E-state index in [4.69, 9.17) is 4.74 Å². The van der Waals surface area contributed by atoms with E-state index in [-0.39, 0.29) is 41.6 Å². The second-order valence-corrected chi connectivity index (χ2v) is 13.3. The number of carbonyl (C=O) groups is 3. The first-order chi connectivity index (χ1) is 23.1. The lowest BCUT2D eigenvalue weighted by Crippen LogP contribution is -2.71. The predicted octanol–water partition coefficient (Wildman–Crippen LogP) is 3.17. The monoisotopic (exact) mass is 689 g/mol. The number of likely N-dealkylation sites (tertiary alicyclic amines) is 1. The highest BCUT2D eigenvalue weighted by Gasteiger charge is 2.48. The summed E-state index contributed by atoms with van der Waals surface area (Å²) in [6, 6.07) is 4.91. The number of carbonyl (C=O) groups excluding carboxylic acids is 3. The molecular formula is C34H43F4N7O4. The molecule has 3 aliphatic heterocycles. The van der Waals surface area contributed by atoms with E-state index in [2.05, 4.69) is 9.88 Å². The Balaban J connectivity index is 1.25. The first-order valence-corrected chi connectivity index (χ1v) is 16.2. The van der Waals surface area contributed by atoms with E-state index in [0.29, 0.717) is 52.4 Å². The third-order valence-corrected chi connectivity index (χ3v) is 9.13. The quantitative estimate of drug-likeness (QED) is 0.278. The summed E-state index contributed by atoms with van der Waals surface area (Å²) in [4.78, 5) is 53.4. The van der Waals surface area contributed by atoms with E-state index in [9.17, 15) is 27.6 Å². The third kappa shape index (κ3) is 8.05. The molecule has 1 spiro atoms. The lowest BCUT2D eigenvalue weighted by molar-refractivity contribution is -0.188. The number of amides is 3. The highest BCUT2D eigenvalue weighted by molar-refractivity contribution is 6.09. The molecule has 1 aromatic carbocycles. The van der Waals surface area contributed by atoms with Crippen LogP contribution in [-0.4, -0.2) is 130 Å². The summed E-state index contributed by atoms with van der Waals surface area (Å²) in [5.74, 6) is -1.94.